The largest absolute Gasteiger partial charge is 0.480 e. The molecule has 0 aliphatic heterocycles. The first-order chi connectivity index (χ1) is 8.65. The Kier molecular flexibility index (Phi) is 6.89. The molecule has 19 heavy (non-hydrogen) atoms. The lowest BCUT2D eigenvalue weighted by atomic mass is 10.1. The van der Waals surface area contributed by atoms with Gasteiger partial charge in [-0.1, -0.05) is 13.8 Å². The zero-order chi connectivity index (χ0) is 15.2. The highest BCUT2D eigenvalue weighted by Gasteiger charge is 2.26. The number of carboxylic acid groups (broad SMARTS) is 1. The van der Waals surface area contributed by atoms with E-state index in [1.54, 1.807) is 0 Å². The lowest BCUT2D eigenvalue weighted by Crippen LogP contribution is -2.52. The molecule has 0 aromatic rings. The number of urea groups is 1. The van der Waals surface area contributed by atoms with E-state index in [-0.39, 0.29) is 12.0 Å². The molecular weight excluding hydrogens is 250 g/mol. The Hall–Kier alpha value is -1.79. The van der Waals surface area contributed by atoms with E-state index in [9.17, 15) is 14.4 Å². The van der Waals surface area contributed by atoms with Crippen LogP contribution in [0.1, 0.15) is 34.1 Å². The summed E-state index contributed by atoms with van der Waals surface area (Å²) in [5.74, 6) is -1.79. The molecule has 7 heteroatoms. The number of nitrogens with one attached hydrogen (secondary N) is 1. The monoisotopic (exact) mass is 273 g/mol. The maximum absolute atomic E-state index is 12.0. The molecule has 0 fully saturated rings. The molecule has 0 heterocycles. The van der Waals surface area contributed by atoms with Gasteiger partial charge >= 0.3 is 12.0 Å². The molecule has 110 valence electrons. The fourth-order valence-electron chi connectivity index (χ4n) is 1.55. The summed E-state index contributed by atoms with van der Waals surface area (Å²) >= 11 is 0. The van der Waals surface area contributed by atoms with Crippen LogP contribution in [0.4, 0.5) is 4.79 Å². The number of carbonyl (C=O) groups excluding carboxylic acids is 2. The second kappa shape index (κ2) is 7.60. The Labute approximate surface area is 113 Å². The molecule has 4 N–H and O–H groups in total. The number of nitrogens with two attached hydrogens (primary N) is 1. The first-order valence-corrected chi connectivity index (χ1v) is 6.23. The van der Waals surface area contributed by atoms with Crippen molar-refractivity contribution in [3.05, 3.63) is 0 Å². The number of nitrogens with zero attached hydrogens (tertiary/aromatic N) is 1. The van der Waals surface area contributed by atoms with Gasteiger partial charge in [-0.05, 0) is 19.8 Å². The normalized spacial score (nSPS) is 12.3. The fourth-order valence-corrected chi connectivity index (χ4v) is 1.55. The third-order valence-electron chi connectivity index (χ3n) is 2.45. The standard InChI is InChI=1S/C12H23N3O4/c1-7(2)6-15(8(3)4)12(19)14-9(11(17)18)5-10(13)16/h7-9H,5-6H2,1-4H3,(H2,13,16)(H,14,19)(H,17,18)/t9-/m1/s1. The second-order valence-electron chi connectivity index (χ2n) is 5.15. The van der Waals surface area contributed by atoms with E-state index in [0.717, 1.165) is 0 Å². The topological polar surface area (TPSA) is 113 Å². The molecule has 0 bridgehead atoms. The Morgan fingerprint density at radius 2 is 1.74 bits per heavy atom. The molecule has 0 unspecified atom stereocenters. The first-order valence-electron chi connectivity index (χ1n) is 6.23. The van der Waals surface area contributed by atoms with Gasteiger partial charge in [0, 0.05) is 12.6 Å². The predicted octanol–water partition coefficient (Wildman–Crippen LogP) is 0.391. The summed E-state index contributed by atoms with van der Waals surface area (Å²) < 4.78 is 0. The molecule has 7 nitrogen and oxygen atoms in total. The third-order valence-corrected chi connectivity index (χ3v) is 2.45. The summed E-state index contributed by atoms with van der Waals surface area (Å²) in [4.78, 5) is 35.3. The molecule has 3 amide bonds. The van der Waals surface area contributed by atoms with Crippen LogP contribution in [0.2, 0.25) is 0 Å². The van der Waals surface area contributed by atoms with E-state index in [0.29, 0.717) is 6.54 Å². The maximum Gasteiger partial charge on any atom is 0.326 e. The molecule has 0 aromatic carbocycles. The number of carbonyl (C=O) groups is 3. The molecular formula is C12H23N3O4. The molecule has 0 rings (SSSR count). The van der Waals surface area contributed by atoms with Crippen LogP contribution >= 0.6 is 0 Å². The van der Waals surface area contributed by atoms with Gasteiger partial charge in [0.15, 0.2) is 0 Å². The van der Waals surface area contributed by atoms with E-state index in [1.807, 2.05) is 27.7 Å². The number of rotatable bonds is 7. The van der Waals surface area contributed by atoms with E-state index in [1.165, 1.54) is 4.90 Å². The Morgan fingerprint density at radius 3 is 2.05 bits per heavy atom. The SMILES string of the molecule is CC(C)CN(C(=O)N[C@H](CC(N)=O)C(=O)O)C(C)C. The smallest absolute Gasteiger partial charge is 0.326 e. The van der Waals surface area contributed by atoms with Crippen LogP contribution in [0.5, 0.6) is 0 Å². The van der Waals surface area contributed by atoms with Gasteiger partial charge in [0.05, 0.1) is 6.42 Å². The van der Waals surface area contributed by atoms with Crippen LogP contribution in [0, 0.1) is 5.92 Å². The second-order valence-corrected chi connectivity index (χ2v) is 5.15. The van der Waals surface area contributed by atoms with E-state index < -0.39 is 30.4 Å². The highest BCUT2D eigenvalue weighted by molar-refractivity contribution is 5.87. The molecule has 0 spiro atoms. The predicted molar refractivity (Wildman–Crippen MR) is 70.4 cm³/mol. The lowest BCUT2D eigenvalue weighted by Gasteiger charge is -2.29. The van der Waals surface area contributed by atoms with Crippen LogP contribution in [0.3, 0.4) is 0 Å². The highest BCUT2D eigenvalue weighted by atomic mass is 16.4. The van der Waals surface area contributed by atoms with Gasteiger partial charge in [-0.2, -0.15) is 0 Å². The summed E-state index contributed by atoms with van der Waals surface area (Å²) in [6, 6.07) is -1.86. The average molecular weight is 273 g/mol. The molecule has 0 aliphatic carbocycles. The molecule has 1 atom stereocenters. The van der Waals surface area contributed by atoms with Crippen LogP contribution in [0.25, 0.3) is 0 Å². The van der Waals surface area contributed by atoms with Crippen LogP contribution in [0.15, 0.2) is 0 Å². The van der Waals surface area contributed by atoms with Crippen molar-refractivity contribution >= 4 is 17.9 Å². The quantitative estimate of drug-likeness (QED) is 0.622. The Bertz CT molecular complexity index is 342. The Morgan fingerprint density at radius 1 is 1.21 bits per heavy atom. The molecule has 0 aromatic heterocycles. The minimum absolute atomic E-state index is 0.0644. The van der Waals surface area contributed by atoms with E-state index in [2.05, 4.69) is 5.32 Å². The Balaban J connectivity index is 4.75. The van der Waals surface area contributed by atoms with Gasteiger partial charge < -0.3 is 21.1 Å². The number of hydrogen-bond donors (Lipinski definition) is 3. The third kappa shape index (κ3) is 6.64. The van der Waals surface area contributed by atoms with Crippen molar-refractivity contribution in [2.45, 2.75) is 46.2 Å². The van der Waals surface area contributed by atoms with Gasteiger partial charge in [0.2, 0.25) is 5.91 Å². The summed E-state index contributed by atoms with van der Waals surface area (Å²) in [5.41, 5.74) is 4.96. The lowest BCUT2D eigenvalue weighted by molar-refractivity contribution is -0.141. The number of primary amides is 1. The van der Waals surface area contributed by atoms with Gasteiger partial charge in [0.25, 0.3) is 0 Å². The van der Waals surface area contributed by atoms with Crippen molar-refractivity contribution in [3.8, 4) is 0 Å². The zero-order valence-corrected chi connectivity index (χ0v) is 11.8. The minimum Gasteiger partial charge on any atom is -0.480 e. The van der Waals surface area contributed by atoms with Gasteiger partial charge in [-0.15, -0.1) is 0 Å². The number of hydrogen-bond acceptors (Lipinski definition) is 3. The number of carboxylic acids is 1. The van der Waals surface area contributed by atoms with Crippen LogP contribution < -0.4 is 11.1 Å². The summed E-state index contributed by atoms with van der Waals surface area (Å²) in [7, 11) is 0. The summed E-state index contributed by atoms with van der Waals surface area (Å²) in [5, 5.41) is 11.3. The summed E-state index contributed by atoms with van der Waals surface area (Å²) in [6.45, 7) is 8.10. The molecule has 0 saturated carbocycles. The molecule has 0 aliphatic rings. The highest BCUT2D eigenvalue weighted by Crippen LogP contribution is 2.05. The van der Waals surface area contributed by atoms with Crippen molar-refractivity contribution in [2.75, 3.05) is 6.54 Å². The fraction of sp³-hybridized carbons (Fsp3) is 0.750. The van der Waals surface area contributed by atoms with Crippen molar-refractivity contribution in [1.29, 1.82) is 0 Å². The summed E-state index contributed by atoms with van der Waals surface area (Å²) in [6.07, 6.45) is -0.422. The van der Waals surface area contributed by atoms with Gasteiger partial charge in [-0.3, -0.25) is 4.79 Å². The zero-order valence-electron chi connectivity index (χ0n) is 11.8. The molecule has 0 saturated heterocycles. The van der Waals surface area contributed by atoms with E-state index >= 15 is 0 Å². The van der Waals surface area contributed by atoms with Crippen molar-refractivity contribution in [1.82, 2.24) is 10.2 Å². The maximum atomic E-state index is 12.0. The van der Waals surface area contributed by atoms with Crippen molar-refractivity contribution in [2.24, 2.45) is 11.7 Å². The van der Waals surface area contributed by atoms with Crippen molar-refractivity contribution in [3.63, 3.8) is 0 Å². The van der Waals surface area contributed by atoms with Crippen molar-refractivity contribution < 1.29 is 19.5 Å². The van der Waals surface area contributed by atoms with Gasteiger partial charge in [0.1, 0.15) is 6.04 Å². The van der Waals surface area contributed by atoms with Crippen LogP contribution in [-0.4, -0.2) is 46.5 Å². The first kappa shape index (κ1) is 17.2. The molecule has 0 radical (unpaired) electrons. The number of aliphatic carboxylic acids is 1. The van der Waals surface area contributed by atoms with E-state index in [4.69, 9.17) is 10.8 Å². The average Bonchev–Trinajstić information content (AvgIpc) is 2.23. The van der Waals surface area contributed by atoms with Crippen LogP contribution in [-0.2, 0) is 9.59 Å². The number of amides is 3. The minimum atomic E-state index is -1.29. The van der Waals surface area contributed by atoms with Gasteiger partial charge in [-0.25, -0.2) is 9.59 Å².